The highest BCUT2D eigenvalue weighted by Gasteiger charge is 2.03. The van der Waals surface area contributed by atoms with E-state index in [1.165, 1.54) is 12.2 Å². The molecule has 1 aromatic rings. The van der Waals surface area contributed by atoms with Crippen molar-refractivity contribution in [1.82, 2.24) is 0 Å². The van der Waals surface area contributed by atoms with Gasteiger partial charge in [0, 0.05) is 0 Å². The molecule has 0 amide bonds. The maximum absolute atomic E-state index is 12.2. The minimum atomic E-state index is -1.23. The predicted molar refractivity (Wildman–Crippen MR) is 57.2 cm³/mol. The maximum Gasteiger partial charge on any atom is 0.334 e. The van der Waals surface area contributed by atoms with Gasteiger partial charge in [-0.05, 0) is 11.6 Å². The van der Waals surface area contributed by atoms with Crippen molar-refractivity contribution >= 4 is 12.0 Å². The molecule has 0 aromatic heterocycles. The first-order chi connectivity index (χ1) is 7.24. The third kappa shape index (κ3) is 3.77. The van der Waals surface area contributed by atoms with E-state index in [-0.39, 0.29) is 5.57 Å². The van der Waals surface area contributed by atoms with Crippen LogP contribution in [0, 0.1) is 0 Å². The summed E-state index contributed by atoms with van der Waals surface area (Å²) < 4.78 is 12.2. The van der Waals surface area contributed by atoms with E-state index in [1.807, 2.05) is 30.3 Å². The Morgan fingerprint density at radius 3 is 2.53 bits per heavy atom. The molecule has 0 heterocycles. The van der Waals surface area contributed by atoms with Gasteiger partial charge in [-0.2, -0.15) is 0 Å². The van der Waals surface area contributed by atoms with E-state index in [4.69, 9.17) is 5.11 Å². The van der Waals surface area contributed by atoms with Gasteiger partial charge in [0.15, 0.2) is 0 Å². The second kappa shape index (κ2) is 5.75. The molecule has 0 aliphatic heterocycles. The Labute approximate surface area is 87.4 Å². The molecule has 0 saturated carbocycles. The molecule has 1 N–H and O–H groups in total. The molecule has 0 spiro atoms. The molecule has 1 aromatic carbocycles. The smallest absolute Gasteiger partial charge is 0.334 e. The van der Waals surface area contributed by atoms with Crippen LogP contribution in [0.3, 0.4) is 0 Å². The van der Waals surface area contributed by atoms with Crippen LogP contribution in [0.1, 0.15) is 5.56 Å². The lowest BCUT2D eigenvalue weighted by molar-refractivity contribution is -0.132. The minimum Gasteiger partial charge on any atom is -0.478 e. The molecule has 0 fully saturated rings. The molecule has 3 heteroatoms. The molecular formula is C12H11FO2. The summed E-state index contributed by atoms with van der Waals surface area (Å²) in [4.78, 5) is 10.4. The van der Waals surface area contributed by atoms with Crippen LogP contribution in [0.15, 0.2) is 48.1 Å². The fourth-order valence-corrected chi connectivity index (χ4v) is 1.01. The first-order valence-corrected chi connectivity index (χ1v) is 4.45. The van der Waals surface area contributed by atoms with Crippen LogP contribution < -0.4 is 0 Å². The average molecular weight is 206 g/mol. The zero-order chi connectivity index (χ0) is 11.1. The topological polar surface area (TPSA) is 37.3 Å². The Morgan fingerprint density at radius 1 is 1.33 bits per heavy atom. The monoisotopic (exact) mass is 206 g/mol. The number of carboxylic acids is 1. The molecular weight excluding hydrogens is 195 g/mol. The van der Waals surface area contributed by atoms with Crippen LogP contribution in [-0.2, 0) is 4.79 Å². The molecule has 0 aliphatic carbocycles. The van der Waals surface area contributed by atoms with Gasteiger partial charge in [-0.1, -0.05) is 42.5 Å². The summed E-state index contributed by atoms with van der Waals surface area (Å²) in [6.45, 7) is -0.964. The van der Waals surface area contributed by atoms with Crippen molar-refractivity contribution < 1.29 is 14.3 Å². The molecule has 78 valence electrons. The lowest BCUT2D eigenvalue weighted by Gasteiger charge is -1.92. The normalized spacial score (nSPS) is 11.9. The largest absolute Gasteiger partial charge is 0.478 e. The van der Waals surface area contributed by atoms with Crippen LogP contribution >= 0.6 is 0 Å². The Kier molecular flexibility index (Phi) is 4.29. The van der Waals surface area contributed by atoms with E-state index < -0.39 is 12.6 Å². The lowest BCUT2D eigenvalue weighted by Crippen LogP contribution is -2.01. The van der Waals surface area contributed by atoms with Crippen molar-refractivity contribution in [2.75, 3.05) is 6.67 Å². The van der Waals surface area contributed by atoms with Gasteiger partial charge < -0.3 is 5.11 Å². The molecule has 0 bridgehead atoms. The Bertz CT molecular complexity index is 380. The summed E-state index contributed by atoms with van der Waals surface area (Å²) in [5.41, 5.74) is 0.694. The number of carbonyl (C=O) groups is 1. The second-order valence-corrected chi connectivity index (χ2v) is 2.90. The molecule has 0 radical (unpaired) electrons. The summed E-state index contributed by atoms with van der Waals surface area (Å²) in [6, 6.07) is 9.38. The van der Waals surface area contributed by atoms with Crippen molar-refractivity contribution in [3.8, 4) is 0 Å². The number of carboxylic acid groups (broad SMARTS) is 1. The molecule has 0 aliphatic rings. The predicted octanol–water partition coefficient (Wildman–Crippen LogP) is 2.68. The van der Waals surface area contributed by atoms with Crippen molar-refractivity contribution in [1.29, 1.82) is 0 Å². The summed E-state index contributed by atoms with van der Waals surface area (Å²) in [5.74, 6) is -1.23. The number of halogens is 1. The van der Waals surface area contributed by atoms with E-state index >= 15 is 0 Å². The third-order valence-corrected chi connectivity index (χ3v) is 1.80. The fourth-order valence-electron chi connectivity index (χ4n) is 1.01. The van der Waals surface area contributed by atoms with Crippen LogP contribution in [-0.4, -0.2) is 17.8 Å². The van der Waals surface area contributed by atoms with Gasteiger partial charge >= 0.3 is 5.97 Å². The van der Waals surface area contributed by atoms with Crippen LogP contribution in [0.4, 0.5) is 4.39 Å². The quantitative estimate of drug-likeness (QED) is 0.607. The van der Waals surface area contributed by atoms with Crippen molar-refractivity contribution in [3.63, 3.8) is 0 Å². The lowest BCUT2D eigenvalue weighted by atomic mass is 10.2. The molecule has 15 heavy (non-hydrogen) atoms. The van der Waals surface area contributed by atoms with Crippen molar-refractivity contribution in [3.05, 3.63) is 53.6 Å². The second-order valence-electron chi connectivity index (χ2n) is 2.90. The molecule has 0 unspecified atom stereocenters. The minimum absolute atomic E-state index is 0.248. The fraction of sp³-hybridized carbons (Fsp3) is 0.0833. The van der Waals surface area contributed by atoms with Crippen molar-refractivity contribution in [2.45, 2.75) is 0 Å². The highest BCUT2D eigenvalue weighted by Crippen LogP contribution is 2.03. The number of allylic oxidation sites excluding steroid dienone is 2. The summed E-state index contributed by atoms with van der Waals surface area (Å²) in [5, 5.41) is 8.53. The van der Waals surface area contributed by atoms with Gasteiger partial charge in [0.05, 0.1) is 5.57 Å². The van der Waals surface area contributed by atoms with E-state index in [9.17, 15) is 9.18 Å². The number of benzene rings is 1. The van der Waals surface area contributed by atoms with Gasteiger partial charge in [-0.3, -0.25) is 0 Å². The summed E-state index contributed by atoms with van der Waals surface area (Å²) >= 11 is 0. The first kappa shape index (κ1) is 11.2. The highest BCUT2D eigenvalue weighted by atomic mass is 19.1. The molecule has 1 rings (SSSR count). The number of rotatable bonds is 4. The Hall–Kier alpha value is -1.90. The van der Waals surface area contributed by atoms with Gasteiger partial charge in [0.1, 0.15) is 6.67 Å². The van der Waals surface area contributed by atoms with E-state index in [2.05, 4.69) is 0 Å². The maximum atomic E-state index is 12.2. The van der Waals surface area contributed by atoms with Gasteiger partial charge in [0.2, 0.25) is 0 Å². The first-order valence-electron chi connectivity index (χ1n) is 4.45. The SMILES string of the molecule is O=C(O)C(=CC=Cc1ccccc1)CF. The standard InChI is InChI=1S/C12H11FO2/c13-9-11(12(14)15)8-4-7-10-5-2-1-3-6-10/h1-8H,9H2,(H,14,15). The van der Waals surface area contributed by atoms with Crippen LogP contribution in [0.25, 0.3) is 6.08 Å². The number of hydrogen-bond acceptors (Lipinski definition) is 1. The van der Waals surface area contributed by atoms with Gasteiger partial charge in [-0.15, -0.1) is 0 Å². The van der Waals surface area contributed by atoms with E-state index in [0.717, 1.165) is 5.56 Å². The highest BCUT2D eigenvalue weighted by molar-refractivity contribution is 5.87. The number of hydrogen-bond donors (Lipinski definition) is 1. The zero-order valence-electron chi connectivity index (χ0n) is 8.06. The van der Waals surface area contributed by atoms with Crippen LogP contribution in [0.2, 0.25) is 0 Å². The molecule has 0 saturated heterocycles. The third-order valence-electron chi connectivity index (χ3n) is 1.80. The summed E-state index contributed by atoms with van der Waals surface area (Å²) in [7, 11) is 0. The number of alkyl halides is 1. The van der Waals surface area contributed by atoms with Gasteiger partial charge in [-0.25, -0.2) is 9.18 Å². The van der Waals surface area contributed by atoms with Gasteiger partial charge in [0.25, 0.3) is 0 Å². The van der Waals surface area contributed by atoms with Crippen LogP contribution in [0.5, 0.6) is 0 Å². The number of aliphatic carboxylic acids is 1. The van der Waals surface area contributed by atoms with E-state index in [0.29, 0.717) is 0 Å². The molecule has 2 nitrogen and oxygen atoms in total. The molecule has 0 atom stereocenters. The Morgan fingerprint density at radius 2 is 2.00 bits per heavy atom. The van der Waals surface area contributed by atoms with E-state index in [1.54, 1.807) is 6.08 Å². The van der Waals surface area contributed by atoms with Crippen molar-refractivity contribution in [2.24, 2.45) is 0 Å². The zero-order valence-corrected chi connectivity index (χ0v) is 8.06. The Balaban J connectivity index is 2.70. The summed E-state index contributed by atoms with van der Waals surface area (Å²) in [6.07, 6.45) is 4.51. The average Bonchev–Trinajstić information content (AvgIpc) is 2.25.